The number of hydrazine groups is 1. The van der Waals surface area contributed by atoms with Gasteiger partial charge in [-0.1, -0.05) is 13.8 Å². The van der Waals surface area contributed by atoms with Crippen molar-refractivity contribution in [2.45, 2.75) is 26.8 Å². The van der Waals surface area contributed by atoms with E-state index >= 15 is 0 Å². The van der Waals surface area contributed by atoms with Crippen molar-refractivity contribution in [1.82, 2.24) is 9.88 Å². The molecule has 2 rings (SSSR count). The Hall–Kier alpha value is -1.13. The molecule has 94 valence electrons. The second-order valence-corrected chi connectivity index (χ2v) is 5.16. The summed E-state index contributed by atoms with van der Waals surface area (Å²) in [5.74, 6) is 7.02. The van der Waals surface area contributed by atoms with Crippen LogP contribution >= 0.6 is 0 Å². The molecule has 2 unspecified atom stereocenters. The van der Waals surface area contributed by atoms with Gasteiger partial charge in [-0.15, -0.1) is 0 Å². The Bertz CT molecular complexity index is 366. The molecular weight excluding hydrogens is 212 g/mol. The van der Waals surface area contributed by atoms with Crippen LogP contribution in [0.5, 0.6) is 0 Å². The minimum Gasteiger partial charge on any atom is -0.324 e. The Labute approximate surface area is 103 Å². The van der Waals surface area contributed by atoms with E-state index in [9.17, 15) is 0 Å². The third-order valence-electron chi connectivity index (χ3n) is 3.79. The van der Waals surface area contributed by atoms with Crippen molar-refractivity contribution in [3.05, 3.63) is 24.0 Å². The SMILES string of the molecule is CC1CCN(Cc2cc(NN)ccn2)CC1C. The molecule has 0 aliphatic carbocycles. The molecule has 3 N–H and O–H groups in total. The Balaban J connectivity index is 1.96. The van der Waals surface area contributed by atoms with Crippen LogP contribution in [0.1, 0.15) is 26.0 Å². The number of nitrogen functional groups attached to an aromatic ring is 1. The van der Waals surface area contributed by atoms with Crippen LogP contribution in [0.3, 0.4) is 0 Å². The van der Waals surface area contributed by atoms with Gasteiger partial charge in [0.05, 0.1) is 11.4 Å². The van der Waals surface area contributed by atoms with Gasteiger partial charge in [-0.05, 0) is 36.9 Å². The van der Waals surface area contributed by atoms with Crippen molar-refractivity contribution in [2.75, 3.05) is 18.5 Å². The van der Waals surface area contributed by atoms with Crippen molar-refractivity contribution < 1.29 is 0 Å². The highest BCUT2D eigenvalue weighted by atomic mass is 15.2. The van der Waals surface area contributed by atoms with Crippen molar-refractivity contribution in [2.24, 2.45) is 17.7 Å². The Morgan fingerprint density at radius 1 is 1.47 bits per heavy atom. The van der Waals surface area contributed by atoms with Gasteiger partial charge in [-0.3, -0.25) is 15.7 Å². The number of hydrogen-bond acceptors (Lipinski definition) is 4. The molecule has 1 aliphatic heterocycles. The van der Waals surface area contributed by atoms with Gasteiger partial charge < -0.3 is 5.43 Å². The standard InChI is InChI=1S/C13H22N4/c1-10-4-6-17(8-11(10)2)9-13-7-12(16-14)3-5-15-13/h3,5,7,10-11H,4,6,8-9,14H2,1-2H3,(H,15,16). The number of nitrogens with two attached hydrogens (primary N) is 1. The highest BCUT2D eigenvalue weighted by Crippen LogP contribution is 2.23. The van der Waals surface area contributed by atoms with Gasteiger partial charge in [0.1, 0.15) is 0 Å². The Kier molecular flexibility index (Phi) is 3.97. The summed E-state index contributed by atoms with van der Waals surface area (Å²) >= 11 is 0. The van der Waals surface area contributed by atoms with Gasteiger partial charge in [-0.2, -0.15) is 0 Å². The van der Waals surface area contributed by atoms with E-state index in [1.165, 1.54) is 19.5 Å². The number of likely N-dealkylation sites (tertiary alicyclic amines) is 1. The van der Waals surface area contributed by atoms with E-state index < -0.39 is 0 Å². The summed E-state index contributed by atoms with van der Waals surface area (Å²) in [6.07, 6.45) is 3.09. The molecule has 0 aromatic carbocycles. The number of anilines is 1. The quantitative estimate of drug-likeness (QED) is 0.619. The number of hydrogen-bond donors (Lipinski definition) is 2. The number of nitrogens with zero attached hydrogens (tertiary/aromatic N) is 2. The average Bonchev–Trinajstić information content (AvgIpc) is 2.34. The summed E-state index contributed by atoms with van der Waals surface area (Å²) < 4.78 is 0. The van der Waals surface area contributed by atoms with E-state index in [2.05, 4.69) is 29.2 Å². The summed E-state index contributed by atoms with van der Waals surface area (Å²) in [5.41, 5.74) is 4.67. The summed E-state index contributed by atoms with van der Waals surface area (Å²) in [7, 11) is 0. The fourth-order valence-corrected chi connectivity index (χ4v) is 2.38. The van der Waals surface area contributed by atoms with Gasteiger partial charge in [0.15, 0.2) is 0 Å². The zero-order chi connectivity index (χ0) is 12.3. The fourth-order valence-electron chi connectivity index (χ4n) is 2.38. The van der Waals surface area contributed by atoms with Gasteiger partial charge in [0.25, 0.3) is 0 Å². The van der Waals surface area contributed by atoms with Crippen LogP contribution in [0, 0.1) is 11.8 Å². The molecular formula is C13H22N4. The lowest BCUT2D eigenvalue weighted by Crippen LogP contribution is -2.38. The van der Waals surface area contributed by atoms with E-state index in [-0.39, 0.29) is 0 Å². The first-order chi connectivity index (χ1) is 8.19. The zero-order valence-electron chi connectivity index (χ0n) is 10.7. The van der Waals surface area contributed by atoms with Gasteiger partial charge >= 0.3 is 0 Å². The number of rotatable bonds is 3. The molecule has 17 heavy (non-hydrogen) atoms. The normalized spacial score (nSPS) is 25.8. The molecule has 4 heteroatoms. The monoisotopic (exact) mass is 234 g/mol. The number of pyridine rings is 1. The van der Waals surface area contributed by atoms with Gasteiger partial charge in [-0.25, -0.2) is 0 Å². The first-order valence-electron chi connectivity index (χ1n) is 6.33. The molecule has 1 saturated heterocycles. The Morgan fingerprint density at radius 2 is 2.29 bits per heavy atom. The molecule has 1 aliphatic rings. The molecule has 0 amide bonds. The first-order valence-corrected chi connectivity index (χ1v) is 6.33. The molecule has 1 fully saturated rings. The van der Waals surface area contributed by atoms with Crippen LogP contribution in [-0.4, -0.2) is 23.0 Å². The molecule has 0 bridgehead atoms. The molecule has 4 nitrogen and oxygen atoms in total. The summed E-state index contributed by atoms with van der Waals surface area (Å²) in [6.45, 7) is 7.95. The van der Waals surface area contributed by atoms with E-state index in [1.54, 1.807) is 6.20 Å². The van der Waals surface area contributed by atoms with Crippen molar-refractivity contribution in [3.63, 3.8) is 0 Å². The smallest absolute Gasteiger partial charge is 0.0564 e. The van der Waals surface area contributed by atoms with E-state index in [1.807, 2.05) is 12.1 Å². The molecule has 1 aromatic heterocycles. The van der Waals surface area contributed by atoms with Crippen LogP contribution in [0.15, 0.2) is 18.3 Å². The van der Waals surface area contributed by atoms with Crippen LogP contribution in [0.2, 0.25) is 0 Å². The fraction of sp³-hybridized carbons (Fsp3) is 0.615. The molecule has 0 saturated carbocycles. The molecule has 1 aromatic rings. The van der Waals surface area contributed by atoms with Crippen molar-refractivity contribution >= 4 is 5.69 Å². The third kappa shape index (κ3) is 3.17. The van der Waals surface area contributed by atoms with Gasteiger partial charge in [0.2, 0.25) is 0 Å². The van der Waals surface area contributed by atoms with E-state index in [4.69, 9.17) is 5.84 Å². The lowest BCUT2D eigenvalue weighted by atomic mass is 9.88. The van der Waals surface area contributed by atoms with Crippen LogP contribution in [0.25, 0.3) is 0 Å². The van der Waals surface area contributed by atoms with Crippen molar-refractivity contribution in [3.8, 4) is 0 Å². The predicted octanol–water partition coefficient (Wildman–Crippen LogP) is 1.85. The maximum absolute atomic E-state index is 5.40. The largest absolute Gasteiger partial charge is 0.324 e. The second kappa shape index (κ2) is 5.47. The maximum Gasteiger partial charge on any atom is 0.0564 e. The number of piperidine rings is 1. The van der Waals surface area contributed by atoms with Crippen LogP contribution < -0.4 is 11.3 Å². The number of aromatic nitrogens is 1. The highest BCUT2D eigenvalue weighted by Gasteiger charge is 2.22. The zero-order valence-corrected chi connectivity index (χ0v) is 10.7. The summed E-state index contributed by atoms with van der Waals surface area (Å²) in [5, 5.41) is 0. The van der Waals surface area contributed by atoms with Gasteiger partial charge in [0, 0.05) is 19.3 Å². The summed E-state index contributed by atoms with van der Waals surface area (Å²) in [4.78, 5) is 6.87. The third-order valence-corrected chi connectivity index (χ3v) is 3.79. The number of nitrogens with one attached hydrogen (secondary N) is 1. The highest BCUT2D eigenvalue weighted by molar-refractivity contribution is 5.41. The minimum atomic E-state index is 0.777. The first kappa shape index (κ1) is 12.3. The maximum atomic E-state index is 5.40. The second-order valence-electron chi connectivity index (χ2n) is 5.16. The molecule has 0 radical (unpaired) electrons. The lowest BCUT2D eigenvalue weighted by Gasteiger charge is -2.35. The van der Waals surface area contributed by atoms with Crippen molar-refractivity contribution in [1.29, 1.82) is 0 Å². The van der Waals surface area contributed by atoms with E-state index in [0.29, 0.717) is 0 Å². The lowest BCUT2D eigenvalue weighted by molar-refractivity contribution is 0.131. The molecule has 2 heterocycles. The summed E-state index contributed by atoms with van der Waals surface area (Å²) in [6, 6.07) is 3.90. The van der Waals surface area contributed by atoms with Crippen LogP contribution in [0.4, 0.5) is 5.69 Å². The minimum absolute atomic E-state index is 0.777. The topological polar surface area (TPSA) is 54.2 Å². The van der Waals surface area contributed by atoms with E-state index in [0.717, 1.165) is 29.8 Å². The predicted molar refractivity (Wildman–Crippen MR) is 70.3 cm³/mol. The average molecular weight is 234 g/mol. The Morgan fingerprint density at radius 3 is 3.00 bits per heavy atom. The van der Waals surface area contributed by atoms with Crippen LogP contribution in [-0.2, 0) is 6.54 Å². The molecule has 0 spiro atoms. The molecule has 2 atom stereocenters.